The summed E-state index contributed by atoms with van der Waals surface area (Å²) in [6, 6.07) is 18.6. The van der Waals surface area contributed by atoms with Crippen LogP contribution in [0.2, 0.25) is 0 Å². The standard InChI is InChI=1S/C21H18N2O2S/c1-22-18-8-4-5-9-19(18)26-20(22)14-15-10-12-23(13-11-21(24)25)17-7-3-2-6-16(15)17/h2-10,12,14H,11,13H2,1H3/p+1. The van der Waals surface area contributed by atoms with Gasteiger partial charge in [0, 0.05) is 24.1 Å². The number of thioether (sulfide) groups is 1. The molecule has 3 aromatic rings. The Morgan fingerprint density at radius 2 is 1.92 bits per heavy atom. The molecule has 26 heavy (non-hydrogen) atoms. The predicted molar refractivity (Wildman–Crippen MR) is 105 cm³/mol. The Labute approximate surface area is 156 Å². The third-order valence-electron chi connectivity index (χ3n) is 4.58. The smallest absolute Gasteiger partial charge is 0.309 e. The Balaban J connectivity index is 1.74. The van der Waals surface area contributed by atoms with Crippen LogP contribution < -0.4 is 9.47 Å². The van der Waals surface area contributed by atoms with Crippen LogP contribution in [0, 0.1) is 0 Å². The fourth-order valence-corrected chi connectivity index (χ4v) is 4.33. The summed E-state index contributed by atoms with van der Waals surface area (Å²) < 4.78 is 2.01. The molecular formula is C21H19N2O2S+. The fraction of sp³-hybridized carbons (Fsp3) is 0.143. The number of aromatic nitrogens is 1. The van der Waals surface area contributed by atoms with Crippen molar-refractivity contribution in [1.82, 2.24) is 0 Å². The van der Waals surface area contributed by atoms with Crippen molar-refractivity contribution in [1.29, 1.82) is 0 Å². The summed E-state index contributed by atoms with van der Waals surface area (Å²) in [6.07, 6.45) is 4.29. The van der Waals surface area contributed by atoms with Crippen LogP contribution in [-0.4, -0.2) is 18.1 Å². The molecule has 1 aliphatic rings. The molecule has 4 nitrogen and oxygen atoms in total. The molecule has 0 atom stereocenters. The zero-order valence-electron chi connectivity index (χ0n) is 14.4. The van der Waals surface area contributed by atoms with Gasteiger partial charge in [0.15, 0.2) is 12.7 Å². The van der Waals surface area contributed by atoms with Crippen LogP contribution in [0.3, 0.4) is 0 Å². The molecule has 0 spiro atoms. The zero-order chi connectivity index (χ0) is 18.1. The third kappa shape index (κ3) is 3.06. The number of aryl methyl sites for hydroxylation is 1. The monoisotopic (exact) mass is 363 g/mol. The molecule has 1 aliphatic heterocycles. The summed E-state index contributed by atoms with van der Waals surface area (Å²) in [5.74, 6) is -0.783. The first-order valence-electron chi connectivity index (χ1n) is 8.49. The maximum atomic E-state index is 10.9. The lowest BCUT2D eigenvalue weighted by atomic mass is 10.1. The van der Waals surface area contributed by atoms with Crippen molar-refractivity contribution in [3.8, 4) is 0 Å². The lowest BCUT2D eigenvalue weighted by Gasteiger charge is -2.13. The third-order valence-corrected chi connectivity index (χ3v) is 5.74. The van der Waals surface area contributed by atoms with Crippen molar-refractivity contribution in [3.63, 3.8) is 0 Å². The van der Waals surface area contributed by atoms with Crippen LogP contribution in [0.5, 0.6) is 0 Å². The van der Waals surface area contributed by atoms with E-state index in [1.54, 1.807) is 11.8 Å². The molecule has 2 aromatic carbocycles. The minimum atomic E-state index is -0.783. The summed E-state index contributed by atoms with van der Waals surface area (Å²) in [5.41, 5.74) is 3.40. The molecule has 0 saturated heterocycles. The number of carbonyl (C=O) groups is 1. The van der Waals surface area contributed by atoms with E-state index < -0.39 is 5.97 Å². The summed E-state index contributed by atoms with van der Waals surface area (Å²) in [7, 11) is 2.09. The van der Waals surface area contributed by atoms with Crippen LogP contribution in [0.25, 0.3) is 17.0 Å². The lowest BCUT2D eigenvalue weighted by Crippen LogP contribution is -2.35. The van der Waals surface area contributed by atoms with E-state index in [1.165, 1.54) is 15.6 Å². The number of carboxylic acids is 1. The van der Waals surface area contributed by atoms with Crippen molar-refractivity contribution in [2.75, 3.05) is 11.9 Å². The largest absolute Gasteiger partial charge is 0.481 e. The second-order valence-electron chi connectivity index (χ2n) is 6.24. The number of benzene rings is 2. The normalized spacial score (nSPS) is 14.8. The Morgan fingerprint density at radius 1 is 1.15 bits per heavy atom. The fourth-order valence-electron chi connectivity index (χ4n) is 3.23. The van der Waals surface area contributed by atoms with Gasteiger partial charge in [0.2, 0.25) is 5.52 Å². The van der Waals surface area contributed by atoms with Gasteiger partial charge in [-0.15, -0.1) is 0 Å². The molecule has 4 rings (SSSR count). The van der Waals surface area contributed by atoms with Crippen molar-refractivity contribution in [2.45, 2.75) is 17.9 Å². The van der Waals surface area contributed by atoms with Gasteiger partial charge in [-0.1, -0.05) is 36.0 Å². The highest BCUT2D eigenvalue weighted by Crippen LogP contribution is 2.45. The van der Waals surface area contributed by atoms with E-state index in [0.29, 0.717) is 6.54 Å². The molecule has 5 heteroatoms. The van der Waals surface area contributed by atoms with E-state index in [1.807, 2.05) is 29.0 Å². The van der Waals surface area contributed by atoms with Gasteiger partial charge in [-0.05, 0) is 29.8 Å². The van der Waals surface area contributed by atoms with Gasteiger partial charge in [0.1, 0.15) is 6.42 Å². The number of pyridine rings is 1. The van der Waals surface area contributed by atoms with Gasteiger partial charge < -0.3 is 10.0 Å². The number of nitrogens with zero attached hydrogens (tertiary/aromatic N) is 2. The van der Waals surface area contributed by atoms with Gasteiger partial charge >= 0.3 is 5.97 Å². The Bertz CT molecular complexity index is 1030. The van der Waals surface area contributed by atoms with Crippen molar-refractivity contribution < 1.29 is 14.5 Å². The number of anilines is 1. The first-order chi connectivity index (χ1) is 12.6. The molecule has 1 aromatic heterocycles. The first-order valence-corrected chi connectivity index (χ1v) is 9.30. The van der Waals surface area contributed by atoms with Crippen LogP contribution >= 0.6 is 11.8 Å². The Morgan fingerprint density at radius 3 is 2.73 bits per heavy atom. The molecular weight excluding hydrogens is 344 g/mol. The number of hydrogen-bond donors (Lipinski definition) is 1. The highest BCUT2D eigenvalue weighted by atomic mass is 32.2. The highest BCUT2D eigenvalue weighted by molar-refractivity contribution is 8.03. The molecule has 1 N–H and O–H groups in total. The highest BCUT2D eigenvalue weighted by Gasteiger charge is 2.22. The van der Waals surface area contributed by atoms with Gasteiger partial charge in [-0.25, -0.2) is 0 Å². The second kappa shape index (κ2) is 6.84. The number of hydrogen-bond acceptors (Lipinski definition) is 3. The number of para-hydroxylation sites is 2. The van der Waals surface area contributed by atoms with Gasteiger partial charge in [-0.2, -0.15) is 4.57 Å². The lowest BCUT2D eigenvalue weighted by molar-refractivity contribution is -0.670. The molecule has 130 valence electrons. The molecule has 0 bridgehead atoms. The van der Waals surface area contributed by atoms with E-state index in [2.05, 4.69) is 54.4 Å². The van der Waals surface area contributed by atoms with Crippen LogP contribution in [0.15, 0.2) is 70.7 Å². The predicted octanol–water partition coefficient (Wildman–Crippen LogP) is 4.14. The minimum Gasteiger partial charge on any atom is -0.481 e. The van der Waals surface area contributed by atoms with E-state index in [0.717, 1.165) is 16.5 Å². The topological polar surface area (TPSA) is 44.4 Å². The molecule has 0 amide bonds. The first kappa shape index (κ1) is 16.7. The van der Waals surface area contributed by atoms with E-state index in [9.17, 15) is 4.79 Å². The van der Waals surface area contributed by atoms with E-state index in [-0.39, 0.29) is 6.42 Å². The average molecular weight is 363 g/mol. The Kier molecular flexibility index (Phi) is 4.39. The van der Waals surface area contributed by atoms with Crippen LogP contribution in [0.1, 0.15) is 12.0 Å². The molecule has 0 fully saturated rings. The quantitative estimate of drug-likeness (QED) is 0.708. The molecule has 0 aliphatic carbocycles. The molecule has 0 unspecified atom stereocenters. The summed E-state index contributed by atoms with van der Waals surface area (Å²) in [5, 5.41) is 11.3. The van der Waals surface area contributed by atoms with E-state index in [4.69, 9.17) is 5.11 Å². The molecule has 0 saturated carbocycles. The Hall–Kier alpha value is -2.79. The number of aliphatic carboxylic acids is 1. The van der Waals surface area contributed by atoms with Crippen LogP contribution in [-0.2, 0) is 11.3 Å². The van der Waals surface area contributed by atoms with E-state index >= 15 is 0 Å². The van der Waals surface area contributed by atoms with Gasteiger partial charge in [-0.3, -0.25) is 4.79 Å². The van der Waals surface area contributed by atoms with Crippen LogP contribution in [0.4, 0.5) is 5.69 Å². The minimum absolute atomic E-state index is 0.114. The SMILES string of the molecule is CN1C(=Cc2cc[n+](CCC(=O)O)c3ccccc23)Sc2ccccc21. The zero-order valence-corrected chi connectivity index (χ0v) is 15.2. The number of rotatable bonds is 4. The maximum absolute atomic E-state index is 10.9. The average Bonchev–Trinajstić information content (AvgIpc) is 2.97. The number of carboxylic acid groups (broad SMARTS) is 1. The second-order valence-corrected chi connectivity index (χ2v) is 7.30. The molecule has 0 radical (unpaired) electrons. The number of fused-ring (bicyclic) bond motifs is 2. The van der Waals surface area contributed by atoms with Crippen molar-refractivity contribution in [2.24, 2.45) is 0 Å². The van der Waals surface area contributed by atoms with Gasteiger partial charge in [0.05, 0.1) is 16.1 Å². The summed E-state index contributed by atoms with van der Waals surface area (Å²) in [4.78, 5) is 14.4. The molecule has 2 heterocycles. The summed E-state index contributed by atoms with van der Waals surface area (Å²) >= 11 is 1.77. The maximum Gasteiger partial charge on any atom is 0.309 e. The van der Waals surface area contributed by atoms with Gasteiger partial charge in [0.25, 0.3) is 0 Å². The van der Waals surface area contributed by atoms with Crippen molar-refractivity contribution in [3.05, 3.63) is 71.4 Å². The van der Waals surface area contributed by atoms with Crippen molar-refractivity contribution >= 4 is 40.4 Å². The summed E-state index contributed by atoms with van der Waals surface area (Å²) in [6.45, 7) is 0.465.